The Kier molecular flexibility index (Phi) is 18.2. The molecule has 0 saturated carbocycles. The number of likely N-dealkylation sites (tertiary alicyclic amines) is 1. The molecule has 2 aliphatic rings. The van der Waals surface area contributed by atoms with E-state index < -0.39 is 35.7 Å². The van der Waals surface area contributed by atoms with E-state index in [2.05, 4.69) is 48.2 Å². The Bertz CT molecular complexity index is 2830. The standard InChI is InChI=1S/C57H69N5O10S2/c1-7-61-23-25-70-27-29-71-28-26-69-24-22-49(66)60-55(57(4,5)6)51(62-32-43(65)30-46(62)56(68)59-35(2)37-8-10-39(11-9-37)53-36(3)58-34-73-53)47(33-61)72-44-19-14-38(15-20-44)52(67)50-45-21-18-42(64)31-48(45)74-54(50)40-12-16-41(63)17-13-40/h8-21,31,34-35,43,46-47,51,55,63-65H,7,22-30,32-33H2,1-6H3,(H,59,68)(H,60,66)/t35-,43+,46-,47?,51?,55?/m0/s1. The molecule has 8 rings (SSSR count). The molecule has 394 valence electrons. The quantitative estimate of drug-likeness (QED) is 0.0779. The van der Waals surface area contributed by atoms with Crippen LogP contribution in [0, 0.1) is 12.3 Å². The molecule has 5 N–H and O–H groups in total. The second kappa shape index (κ2) is 24.7. The number of thiophene rings is 1. The van der Waals surface area contributed by atoms with E-state index >= 15 is 0 Å². The van der Waals surface area contributed by atoms with Gasteiger partial charge in [0.25, 0.3) is 0 Å². The number of benzene rings is 4. The minimum atomic E-state index is -0.854. The van der Waals surface area contributed by atoms with Crippen LogP contribution in [0.1, 0.15) is 80.7 Å². The zero-order chi connectivity index (χ0) is 52.5. The fraction of sp³-hybridized carbons (Fsp3) is 0.439. The second-order valence-corrected chi connectivity index (χ2v) is 22.1. The lowest BCUT2D eigenvalue weighted by Gasteiger charge is -2.47. The van der Waals surface area contributed by atoms with Gasteiger partial charge in [0.15, 0.2) is 5.78 Å². The zero-order valence-corrected chi connectivity index (χ0v) is 44.7. The maximum atomic E-state index is 14.8. The lowest BCUT2D eigenvalue weighted by molar-refractivity contribution is -0.129. The summed E-state index contributed by atoms with van der Waals surface area (Å²) in [6.45, 7) is 15.9. The molecule has 2 aromatic heterocycles. The van der Waals surface area contributed by atoms with E-state index in [0.29, 0.717) is 79.8 Å². The van der Waals surface area contributed by atoms with Gasteiger partial charge in [-0.2, -0.15) is 0 Å². The average molecular weight is 1050 g/mol. The Morgan fingerprint density at radius 1 is 0.865 bits per heavy atom. The molecule has 17 heteroatoms. The minimum Gasteiger partial charge on any atom is -0.508 e. The van der Waals surface area contributed by atoms with Crippen LogP contribution in [0.3, 0.4) is 0 Å². The molecule has 2 aliphatic heterocycles. The highest BCUT2D eigenvalue weighted by Crippen LogP contribution is 2.42. The van der Waals surface area contributed by atoms with E-state index in [0.717, 1.165) is 32.0 Å². The second-order valence-electron chi connectivity index (χ2n) is 20.1. The number of ketones is 1. The van der Waals surface area contributed by atoms with Gasteiger partial charge in [-0.05, 0) is 116 Å². The van der Waals surface area contributed by atoms with Crippen LogP contribution in [0.5, 0.6) is 17.2 Å². The number of thiazole rings is 1. The first-order valence-electron chi connectivity index (χ1n) is 25.4. The van der Waals surface area contributed by atoms with Crippen LogP contribution in [-0.2, 0) is 23.8 Å². The number of likely N-dealkylation sites (N-methyl/N-ethyl adjacent to an activating group) is 1. The van der Waals surface area contributed by atoms with Crippen molar-refractivity contribution in [1.82, 2.24) is 25.4 Å². The van der Waals surface area contributed by atoms with Crippen molar-refractivity contribution in [2.75, 3.05) is 65.8 Å². The maximum Gasteiger partial charge on any atom is 0.237 e. The highest BCUT2D eigenvalue weighted by molar-refractivity contribution is 7.22. The van der Waals surface area contributed by atoms with Crippen molar-refractivity contribution in [2.45, 2.75) is 90.8 Å². The number of ether oxygens (including phenoxy) is 4. The number of rotatable bonds is 11. The molecule has 2 amide bonds. The van der Waals surface area contributed by atoms with Gasteiger partial charge in [0, 0.05) is 52.1 Å². The number of aliphatic hydroxyl groups excluding tert-OH is 1. The zero-order valence-electron chi connectivity index (χ0n) is 43.0. The maximum absolute atomic E-state index is 14.8. The number of β-amino-alcohol motifs (C(OH)–C–C–N with tert-alkyl or cyclic N) is 1. The molecular formula is C57H69N5O10S2. The third-order valence-electron chi connectivity index (χ3n) is 13.8. The number of aromatic nitrogens is 1. The van der Waals surface area contributed by atoms with Crippen molar-refractivity contribution in [2.24, 2.45) is 5.41 Å². The SMILES string of the molecule is CCN1CCOCCOCCOCCC(=O)NC(C(C)(C)C)C(N2C[C@H](O)C[C@H]2C(=O)N[C@@H](C)c2ccc(-c3scnc3C)cc2)C(Oc2ccc(C(=O)c3c(-c4ccc(O)cc4)sc4cc(O)ccc34)cc2)C1. The van der Waals surface area contributed by atoms with Crippen LogP contribution in [0.2, 0.25) is 0 Å². The molecule has 74 heavy (non-hydrogen) atoms. The van der Waals surface area contributed by atoms with Gasteiger partial charge in [0.1, 0.15) is 23.4 Å². The highest BCUT2D eigenvalue weighted by Gasteiger charge is 2.50. The van der Waals surface area contributed by atoms with Gasteiger partial charge in [-0.3, -0.25) is 24.2 Å². The monoisotopic (exact) mass is 1050 g/mol. The van der Waals surface area contributed by atoms with Crippen LogP contribution in [0.25, 0.3) is 31.0 Å². The molecule has 2 saturated heterocycles. The van der Waals surface area contributed by atoms with Gasteiger partial charge in [-0.1, -0.05) is 52.0 Å². The Hall–Kier alpha value is -5.76. The number of phenols is 2. The normalized spacial score (nSPS) is 21.9. The van der Waals surface area contributed by atoms with Gasteiger partial charge in [0.05, 0.1) is 86.0 Å². The van der Waals surface area contributed by atoms with Crippen LogP contribution < -0.4 is 15.4 Å². The third-order valence-corrected chi connectivity index (χ3v) is 16.0. The lowest BCUT2D eigenvalue weighted by Crippen LogP contribution is -2.66. The third kappa shape index (κ3) is 13.4. The summed E-state index contributed by atoms with van der Waals surface area (Å²) in [5, 5.41) is 39.4. The molecule has 0 aliphatic carbocycles. The number of hydrogen-bond acceptors (Lipinski definition) is 15. The number of carbonyl (C=O) groups excluding carboxylic acids is 3. The molecule has 0 spiro atoms. The summed E-state index contributed by atoms with van der Waals surface area (Å²) in [4.78, 5) is 54.1. The van der Waals surface area contributed by atoms with Gasteiger partial charge < -0.3 is 44.9 Å². The van der Waals surface area contributed by atoms with E-state index in [1.165, 1.54) is 11.3 Å². The minimum absolute atomic E-state index is 0.0875. The van der Waals surface area contributed by atoms with Crippen molar-refractivity contribution in [3.63, 3.8) is 0 Å². The van der Waals surface area contributed by atoms with Gasteiger partial charge in [0.2, 0.25) is 11.8 Å². The van der Waals surface area contributed by atoms with Crippen molar-refractivity contribution in [1.29, 1.82) is 0 Å². The first kappa shape index (κ1) is 54.5. The number of fused-ring (bicyclic) bond motifs is 1. The first-order chi connectivity index (χ1) is 35.6. The average Bonchev–Trinajstić information content (AvgIpc) is 4.11. The predicted octanol–water partition coefficient (Wildman–Crippen LogP) is 8.38. The number of aromatic hydroxyl groups is 2. The van der Waals surface area contributed by atoms with Crippen LogP contribution in [-0.4, -0.2) is 144 Å². The number of carbonyl (C=O) groups is 3. The smallest absolute Gasteiger partial charge is 0.237 e. The summed E-state index contributed by atoms with van der Waals surface area (Å²) in [7, 11) is 0. The predicted molar refractivity (Wildman–Crippen MR) is 289 cm³/mol. The van der Waals surface area contributed by atoms with E-state index in [-0.39, 0.29) is 61.1 Å². The summed E-state index contributed by atoms with van der Waals surface area (Å²) in [5.41, 5.74) is 5.80. The van der Waals surface area contributed by atoms with Gasteiger partial charge in [-0.15, -0.1) is 22.7 Å². The summed E-state index contributed by atoms with van der Waals surface area (Å²) < 4.78 is 25.5. The number of aryl methyl sites for hydroxylation is 1. The van der Waals surface area contributed by atoms with Crippen molar-refractivity contribution >= 4 is 50.4 Å². The number of phenolic OH excluding ortho intramolecular Hbond substituents is 2. The van der Waals surface area contributed by atoms with Crippen LogP contribution in [0.15, 0.2) is 96.5 Å². The number of nitrogens with one attached hydrogen (secondary N) is 2. The molecule has 6 atom stereocenters. The van der Waals surface area contributed by atoms with E-state index in [9.17, 15) is 29.7 Å². The molecule has 0 radical (unpaired) electrons. The van der Waals surface area contributed by atoms with Gasteiger partial charge in [-0.25, -0.2) is 4.98 Å². The first-order valence-corrected chi connectivity index (χ1v) is 27.1. The van der Waals surface area contributed by atoms with Crippen LogP contribution >= 0.6 is 22.7 Å². The molecule has 3 unspecified atom stereocenters. The summed E-state index contributed by atoms with van der Waals surface area (Å²) in [6, 6.07) is 24.3. The highest BCUT2D eigenvalue weighted by atomic mass is 32.1. The molecule has 6 aromatic rings. The molecule has 0 bridgehead atoms. The fourth-order valence-electron chi connectivity index (χ4n) is 9.88. The summed E-state index contributed by atoms with van der Waals surface area (Å²) >= 11 is 2.97. The van der Waals surface area contributed by atoms with E-state index in [1.54, 1.807) is 78.1 Å². The molecule has 4 heterocycles. The topological polar surface area (TPSA) is 192 Å². The Labute approximate surface area is 441 Å². The molecule has 2 fully saturated rings. The van der Waals surface area contributed by atoms with Gasteiger partial charge >= 0.3 is 0 Å². The summed E-state index contributed by atoms with van der Waals surface area (Å²) in [6.07, 6.45) is -1.33. The number of amides is 2. The number of hydrogen-bond donors (Lipinski definition) is 5. The molecule has 15 nitrogen and oxygen atoms in total. The van der Waals surface area contributed by atoms with E-state index in [4.69, 9.17) is 18.9 Å². The molecule has 4 aromatic carbocycles. The van der Waals surface area contributed by atoms with E-state index in [1.807, 2.05) is 48.5 Å². The Morgan fingerprint density at radius 2 is 1.51 bits per heavy atom. The Balaban J connectivity index is 1.15. The lowest BCUT2D eigenvalue weighted by atomic mass is 9.79. The van der Waals surface area contributed by atoms with Crippen molar-refractivity contribution in [3.05, 3.63) is 119 Å². The Morgan fingerprint density at radius 3 is 2.18 bits per heavy atom. The summed E-state index contributed by atoms with van der Waals surface area (Å²) in [5.74, 6) is -0.0599. The molecular weight excluding hydrogens is 979 g/mol. The number of aliphatic hydroxyl groups is 1. The van der Waals surface area contributed by atoms with Crippen LogP contribution in [0.4, 0.5) is 0 Å². The fourth-order valence-corrected chi connectivity index (χ4v) is 11.9. The van der Waals surface area contributed by atoms with Crippen molar-refractivity contribution < 1.29 is 48.7 Å². The largest absolute Gasteiger partial charge is 0.508 e. The number of nitrogens with zero attached hydrogens (tertiary/aromatic N) is 3. The van der Waals surface area contributed by atoms with Crippen molar-refractivity contribution in [3.8, 4) is 38.1 Å².